The van der Waals surface area contributed by atoms with E-state index in [0.717, 1.165) is 26.9 Å². The van der Waals surface area contributed by atoms with E-state index in [1.165, 1.54) is 24.7 Å². The molecular formula is C19H15N5O4S2. The molecule has 4 aromatic rings. The highest BCUT2D eigenvalue weighted by Gasteiger charge is 2.27. The highest BCUT2D eigenvalue weighted by atomic mass is 32.2. The van der Waals surface area contributed by atoms with Crippen molar-refractivity contribution >= 4 is 39.2 Å². The quantitative estimate of drug-likeness (QED) is 0.363. The SMILES string of the molecule is CN(N=Cc1cnc2ccc(-c3cccnc3)cn12)S(=O)(=O)c1ccsc1C(=O)O. The molecule has 0 atom stereocenters. The van der Waals surface area contributed by atoms with Crippen LogP contribution in [0.15, 0.2) is 70.5 Å². The van der Waals surface area contributed by atoms with Gasteiger partial charge < -0.3 is 5.11 Å². The van der Waals surface area contributed by atoms with Gasteiger partial charge in [0.25, 0.3) is 10.0 Å². The molecule has 0 fully saturated rings. The minimum Gasteiger partial charge on any atom is -0.477 e. The number of hydrazone groups is 1. The third-order valence-corrected chi connectivity index (χ3v) is 7.05. The van der Waals surface area contributed by atoms with Crippen LogP contribution in [0.25, 0.3) is 16.8 Å². The van der Waals surface area contributed by atoms with Crippen LogP contribution < -0.4 is 0 Å². The molecule has 30 heavy (non-hydrogen) atoms. The summed E-state index contributed by atoms with van der Waals surface area (Å²) < 4.78 is 27.9. The number of carboxylic acid groups (broad SMARTS) is 1. The molecule has 0 bridgehead atoms. The van der Waals surface area contributed by atoms with E-state index >= 15 is 0 Å². The highest BCUT2D eigenvalue weighted by molar-refractivity contribution is 7.89. The van der Waals surface area contributed by atoms with Crippen molar-refractivity contribution in [2.24, 2.45) is 5.10 Å². The number of nitrogens with zero attached hydrogens (tertiary/aromatic N) is 5. The predicted octanol–water partition coefficient (Wildman–Crippen LogP) is 2.81. The van der Waals surface area contributed by atoms with Crippen molar-refractivity contribution in [1.82, 2.24) is 18.8 Å². The highest BCUT2D eigenvalue weighted by Crippen LogP contribution is 2.25. The largest absolute Gasteiger partial charge is 0.477 e. The summed E-state index contributed by atoms with van der Waals surface area (Å²) in [5, 5.41) is 14.6. The summed E-state index contributed by atoms with van der Waals surface area (Å²) in [5.74, 6) is -1.30. The Morgan fingerprint density at radius 3 is 2.80 bits per heavy atom. The molecule has 0 saturated heterocycles. The van der Waals surface area contributed by atoms with E-state index in [9.17, 15) is 18.3 Å². The molecule has 0 aliphatic rings. The number of hydrogen-bond donors (Lipinski definition) is 1. The van der Waals surface area contributed by atoms with Gasteiger partial charge in [-0.3, -0.25) is 9.38 Å². The Morgan fingerprint density at radius 1 is 1.23 bits per heavy atom. The molecule has 152 valence electrons. The van der Waals surface area contributed by atoms with E-state index in [-0.39, 0.29) is 9.77 Å². The number of pyridine rings is 2. The molecular weight excluding hydrogens is 426 g/mol. The zero-order chi connectivity index (χ0) is 21.3. The maximum atomic E-state index is 12.7. The van der Waals surface area contributed by atoms with Crippen LogP contribution in [0.1, 0.15) is 15.4 Å². The van der Waals surface area contributed by atoms with Crippen molar-refractivity contribution in [2.75, 3.05) is 7.05 Å². The molecule has 0 aliphatic carbocycles. The number of carbonyl (C=O) groups is 1. The first-order chi connectivity index (χ1) is 14.4. The van der Waals surface area contributed by atoms with Gasteiger partial charge in [-0.05, 0) is 29.6 Å². The van der Waals surface area contributed by atoms with Crippen LogP contribution in [0.2, 0.25) is 0 Å². The summed E-state index contributed by atoms with van der Waals surface area (Å²) in [5.41, 5.74) is 3.06. The van der Waals surface area contributed by atoms with E-state index in [1.807, 2.05) is 30.5 Å². The summed E-state index contributed by atoms with van der Waals surface area (Å²) in [4.78, 5) is 19.1. The Labute approximate surface area is 175 Å². The third kappa shape index (κ3) is 3.55. The molecule has 0 aromatic carbocycles. The number of rotatable bonds is 6. The Morgan fingerprint density at radius 2 is 2.07 bits per heavy atom. The maximum absolute atomic E-state index is 12.7. The van der Waals surface area contributed by atoms with Crippen molar-refractivity contribution in [2.45, 2.75) is 4.90 Å². The minimum absolute atomic E-state index is 0.257. The first kappa shape index (κ1) is 19.7. The number of carboxylic acids is 1. The minimum atomic E-state index is -4.10. The monoisotopic (exact) mass is 441 g/mol. The molecule has 1 N–H and O–H groups in total. The summed E-state index contributed by atoms with van der Waals surface area (Å²) in [7, 11) is -2.85. The average molecular weight is 441 g/mol. The van der Waals surface area contributed by atoms with Gasteiger partial charge in [0.05, 0.1) is 18.1 Å². The van der Waals surface area contributed by atoms with Gasteiger partial charge in [0.1, 0.15) is 15.4 Å². The molecule has 0 spiro atoms. The van der Waals surface area contributed by atoms with Crippen molar-refractivity contribution in [3.8, 4) is 11.1 Å². The Kier molecular flexibility index (Phi) is 5.06. The van der Waals surface area contributed by atoms with E-state index in [1.54, 1.807) is 23.0 Å². The van der Waals surface area contributed by atoms with Crippen LogP contribution in [0.5, 0.6) is 0 Å². The maximum Gasteiger partial charge on any atom is 0.347 e. The van der Waals surface area contributed by atoms with E-state index in [2.05, 4.69) is 15.1 Å². The van der Waals surface area contributed by atoms with Crippen LogP contribution in [-0.4, -0.2) is 51.5 Å². The van der Waals surface area contributed by atoms with E-state index in [0.29, 0.717) is 11.3 Å². The Balaban J connectivity index is 1.66. The molecule has 11 heteroatoms. The fourth-order valence-corrected chi connectivity index (χ4v) is 4.99. The lowest BCUT2D eigenvalue weighted by Crippen LogP contribution is -2.23. The average Bonchev–Trinajstić information content (AvgIpc) is 3.40. The smallest absolute Gasteiger partial charge is 0.347 e. The second kappa shape index (κ2) is 7.69. The Hall–Kier alpha value is -3.57. The van der Waals surface area contributed by atoms with Gasteiger partial charge in [-0.1, -0.05) is 6.07 Å². The van der Waals surface area contributed by atoms with Crippen LogP contribution in [0.4, 0.5) is 0 Å². The fourth-order valence-electron chi connectivity index (χ4n) is 2.80. The molecule has 0 amide bonds. The molecule has 0 radical (unpaired) electrons. The number of aromatic nitrogens is 3. The van der Waals surface area contributed by atoms with Crippen LogP contribution in [-0.2, 0) is 10.0 Å². The predicted molar refractivity (Wildman–Crippen MR) is 112 cm³/mol. The molecule has 4 heterocycles. The summed E-state index contributed by atoms with van der Waals surface area (Å²) in [6.45, 7) is 0. The molecule has 0 unspecified atom stereocenters. The van der Waals surface area contributed by atoms with Crippen molar-refractivity contribution in [1.29, 1.82) is 0 Å². The number of imidazole rings is 1. The van der Waals surface area contributed by atoms with Gasteiger partial charge in [-0.15, -0.1) is 11.3 Å². The third-order valence-electron chi connectivity index (χ3n) is 4.33. The van der Waals surface area contributed by atoms with Gasteiger partial charge in [0.15, 0.2) is 0 Å². The van der Waals surface area contributed by atoms with Crippen LogP contribution in [0, 0.1) is 0 Å². The van der Waals surface area contributed by atoms with E-state index in [4.69, 9.17) is 0 Å². The molecule has 4 rings (SSSR count). The summed E-state index contributed by atoms with van der Waals surface area (Å²) in [6.07, 6.45) is 8.22. The number of sulfonamides is 1. The first-order valence-electron chi connectivity index (χ1n) is 8.59. The second-order valence-corrected chi connectivity index (χ2v) is 9.01. The van der Waals surface area contributed by atoms with Gasteiger partial charge in [-0.2, -0.15) is 17.9 Å². The van der Waals surface area contributed by atoms with Crippen LogP contribution >= 0.6 is 11.3 Å². The lowest BCUT2D eigenvalue weighted by molar-refractivity contribution is 0.0698. The number of fused-ring (bicyclic) bond motifs is 1. The van der Waals surface area contributed by atoms with Gasteiger partial charge in [0, 0.05) is 36.8 Å². The zero-order valence-electron chi connectivity index (χ0n) is 15.6. The second-order valence-electron chi connectivity index (χ2n) is 6.17. The molecule has 4 aromatic heterocycles. The first-order valence-corrected chi connectivity index (χ1v) is 10.9. The fraction of sp³-hybridized carbons (Fsp3) is 0.0526. The molecule has 9 nitrogen and oxygen atoms in total. The van der Waals surface area contributed by atoms with Gasteiger partial charge in [-0.25, -0.2) is 9.78 Å². The zero-order valence-corrected chi connectivity index (χ0v) is 17.2. The summed E-state index contributed by atoms with van der Waals surface area (Å²) in [6, 6.07) is 8.78. The normalized spacial score (nSPS) is 11.9. The number of hydrogen-bond acceptors (Lipinski definition) is 7. The van der Waals surface area contributed by atoms with Gasteiger partial charge in [0.2, 0.25) is 0 Å². The molecule has 0 saturated carbocycles. The lowest BCUT2D eigenvalue weighted by Gasteiger charge is -2.13. The lowest BCUT2D eigenvalue weighted by atomic mass is 10.1. The van der Waals surface area contributed by atoms with Gasteiger partial charge >= 0.3 is 5.97 Å². The number of aromatic carboxylic acids is 1. The van der Waals surface area contributed by atoms with Crippen LogP contribution in [0.3, 0.4) is 0 Å². The van der Waals surface area contributed by atoms with Crippen molar-refractivity contribution < 1.29 is 18.3 Å². The van der Waals surface area contributed by atoms with E-state index < -0.39 is 16.0 Å². The number of thiophene rings is 1. The summed E-state index contributed by atoms with van der Waals surface area (Å²) >= 11 is 0.843. The van der Waals surface area contributed by atoms with Crippen molar-refractivity contribution in [3.63, 3.8) is 0 Å². The topological polar surface area (TPSA) is 117 Å². The molecule has 0 aliphatic heterocycles. The Bertz CT molecular complexity index is 1360. The standard InChI is InChI=1S/C19H15N5O4S2/c1-23(30(27,28)16-6-8-29-18(16)19(25)26)22-11-15-10-21-17-5-4-14(12-24(15)17)13-3-2-7-20-9-13/h2-12H,1H3,(H,25,26). The van der Waals surface area contributed by atoms with Crippen molar-refractivity contribution in [3.05, 3.63) is 71.1 Å².